The summed E-state index contributed by atoms with van der Waals surface area (Å²) in [7, 11) is 1.99. The van der Waals surface area contributed by atoms with Crippen LogP contribution in [0, 0.1) is 11.3 Å². The Morgan fingerprint density at radius 3 is 3.00 bits per heavy atom. The third-order valence-electron chi connectivity index (χ3n) is 4.43. The van der Waals surface area contributed by atoms with E-state index >= 15 is 0 Å². The quantitative estimate of drug-likeness (QED) is 0.833. The van der Waals surface area contributed by atoms with Crippen LogP contribution in [0.2, 0.25) is 0 Å². The molecule has 1 unspecified atom stereocenters. The third kappa shape index (κ3) is 2.65. The zero-order chi connectivity index (χ0) is 14.0. The second-order valence-corrected chi connectivity index (χ2v) is 5.84. The first kappa shape index (κ1) is 13.4. The molecule has 0 amide bonds. The van der Waals surface area contributed by atoms with Gasteiger partial charge in [0.05, 0.1) is 30.9 Å². The van der Waals surface area contributed by atoms with E-state index in [9.17, 15) is 0 Å². The molecule has 2 saturated heterocycles. The molecule has 2 fully saturated rings. The zero-order valence-corrected chi connectivity index (χ0v) is 11.9. The number of hydrogen-bond acceptors (Lipinski definition) is 5. The second-order valence-electron chi connectivity index (χ2n) is 5.84. The van der Waals surface area contributed by atoms with Crippen LogP contribution in [0.4, 0.5) is 5.95 Å². The molecule has 20 heavy (non-hydrogen) atoms. The van der Waals surface area contributed by atoms with Crippen LogP contribution in [-0.2, 0) is 11.8 Å². The highest BCUT2D eigenvalue weighted by Gasteiger charge is 2.42. The van der Waals surface area contributed by atoms with Crippen LogP contribution in [0.15, 0.2) is 12.4 Å². The van der Waals surface area contributed by atoms with Crippen molar-refractivity contribution in [2.75, 3.05) is 31.6 Å². The summed E-state index contributed by atoms with van der Waals surface area (Å²) in [5.74, 6) is 0.901. The number of nitrogens with one attached hydrogen (secondary N) is 1. The number of hydrogen-bond donors (Lipinski definition) is 1. The van der Waals surface area contributed by atoms with Gasteiger partial charge in [0, 0.05) is 32.5 Å². The lowest BCUT2D eigenvalue weighted by Gasteiger charge is -2.37. The van der Waals surface area contributed by atoms with Gasteiger partial charge in [-0.1, -0.05) is 0 Å². The summed E-state index contributed by atoms with van der Waals surface area (Å²) in [5, 5.41) is 12.2. The minimum Gasteiger partial charge on any atom is -0.373 e. The fourth-order valence-electron chi connectivity index (χ4n) is 3.19. The molecule has 0 saturated carbocycles. The summed E-state index contributed by atoms with van der Waals surface area (Å²) >= 11 is 0. The molecule has 0 radical (unpaired) electrons. The number of aryl methyl sites for hydroxylation is 1. The highest BCUT2D eigenvalue weighted by atomic mass is 16.5. The van der Waals surface area contributed by atoms with Crippen LogP contribution < -0.4 is 5.32 Å². The third-order valence-corrected chi connectivity index (χ3v) is 4.43. The van der Waals surface area contributed by atoms with E-state index in [-0.39, 0.29) is 5.60 Å². The van der Waals surface area contributed by atoms with E-state index in [1.54, 1.807) is 6.20 Å². The fourth-order valence-corrected chi connectivity index (χ4v) is 3.19. The van der Waals surface area contributed by atoms with Crippen molar-refractivity contribution in [2.24, 2.45) is 7.05 Å². The SMILES string of the molecule is Cn1ccnc1NC1COC2(CCN(CC#N)CC2)C1. The first-order valence-corrected chi connectivity index (χ1v) is 7.18. The van der Waals surface area contributed by atoms with Crippen molar-refractivity contribution >= 4 is 5.95 Å². The summed E-state index contributed by atoms with van der Waals surface area (Å²) in [5.41, 5.74) is 0.00872. The van der Waals surface area contributed by atoms with Crippen LogP contribution >= 0.6 is 0 Å². The number of nitrogens with zero attached hydrogens (tertiary/aromatic N) is 4. The Morgan fingerprint density at radius 2 is 2.35 bits per heavy atom. The van der Waals surface area contributed by atoms with Gasteiger partial charge in [-0.2, -0.15) is 5.26 Å². The maximum atomic E-state index is 8.74. The van der Waals surface area contributed by atoms with Gasteiger partial charge < -0.3 is 14.6 Å². The van der Waals surface area contributed by atoms with Gasteiger partial charge in [-0.25, -0.2) is 4.98 Å². The molecule has 0 bridgehead atoms. The van der Waals surface area contributed by atoms with Crippen molar-refractivity contribution in [2.45, 2.75) is 30.9 Å². The van der Waals surface area contributed by atoms with Gasteiger partial charge in [0.15, 0.2) is 0 Å². The molecular weight excluding hydrogens is 254 g/mol. The van der Waals surface area contributed by atoms with E-state index in [1.165, 1.54) is 0 Å². The van der Waals surface area contributed by atoms with Gasteiger partial charge in [-0.3, -0.25) is 4.90 Å². The van der Waals surface area contributed by atoms with E-state index in [0.717, 1.165) is 44.9 Å². The molecular formula is C14H21N5O. The highest BCUT2D eigenvalue weighted by molar-refractivity contribution is 5.28. The molecule has 1 spiro atoms. The number of rotatable bonds is 3. The van der Waals surface area contributed by atoms with Crippen molar-refractivity contribution < 1.29 is 4.74 Å². The average Bonchev–Trinajstić information content (AvgIpc) is 3.02. The van der Waals surface area contributed by atoms with Crippen LogP contribution in [0.25, 0.3) is 0 Å². The zero-order valence-electron chi connectivity index (χ0n) is 11.9. The van der Waals surface area contributed by atoms with Gasteiger partial charge in [0.25, 0.3) is 0 Å². The van der Waals surface area contributed by atoms with Crippen LogP contribution in [0.1, 0.15) is 19.3 Å². The number of anilines is 1. The van der Waals surface area contributed by atoms with Crippen molar-refractivity contribution in [3.8, 4) is 6.07 Å². The monoisotopic (exact) mass is 275 g/mol. The Hall–Kier alpha value is -1.58. The largest absolute Gasteiger partial charge is 0.373 e. The molecule has 0 aliphatic carbocycles. The van der Waals surface area contributed by atoms with E-state index in [0.29, 0.717) is 12.6 Å². The first-order chi connectivity index (χ1) is 9.71. The predicted molar refractivity (Wildman–Crippen MR) is 75.2 cm³/mol. The van der Waals surface area contributed by atoms with E-state index in [4.69, 9.17) is 10.00 Å². The summed E-state index contributed by atoms with van der Waals surface area (Å²) in [6, 6.07) is 2.55. The number of likely N-dealkylation sites (tertiary alicyclic amines) is 1. The summed E-state index contributed by atoms with van der Waals surface area (Å²) < 4.78 is 8.09. The lowest BCUT2D eigenvalue weighted by atomic mass is 9.87. The van der Waals surface area contributed by atoms with Gasteiger partial charge in [-0.15, -0.1) is 0 Å². The molecule has 1 N–H and O–H groups in total. The standard InChI is InChI=1S/C14H21N5O/c1-18-9-5-16-13(18)17-12-10-14(20-11-12)2-6-19(7-3-14)8-4-15/h5,9,12H,2-3,6-8,10-11H2,1H3,(H,16,17). The Kier molecular flexibility index (Phi) is 3.64. The minimum absolute atomic E-state index is 0.00872. The number of nitriles is 1. The van der Waals surface area contributed by atoms with Crippen molar-refractivity contribution in [1.82, 2.24) is 14.5 Å². The minimum atomic E-state index is 0.00872. The van der Waals surface area contributed by atoms with E-state index < -0.39 is 0 Å². The summed E-state index contributed by atoms with van der Waals surface area (Å²) in [6.45, 7) is 3.20. The van der Waals surface area contributed by atoms with Gasteiger partial charge >= 0.3 is 0 Å². The molecule has 2 aliphatic rings. The number of piperidine rings is 1. The van der Waals surface area contributed by atoms with Crippen molar-refractivity contribution in [3.05, 3.63) is 12.4 Å². The average molecular weight is 275 g/mol. The normalized spacial score (nSPS) is 25.7. The van der Waals surface area contributed by atoms with Gasteiger partial charge in [-0.05, 0) is 19.3 Å². The Bertz CT molecular complexity index is 498. The molecule has 1 atom stereocenters. The second kappa shape index (κ2) is 5.43. The van der Waals surface area contributed by atoms with E-state index in [2.05, 4.69) is 21.3 Å². The molecule has 3 heterocycles. The van der Waals surface area contributed by atoms with Crippen LogP contribution in [0.5, 0.6) is 0 Å². The first-order valence-electron chi connectivity index (χ1n) is 7.18. The topological polar surface area (TPSA) is 66.1 Å². The predicted octanol–water partition coefficient (Wildman–Crippen LogP) is 0.979. The Morgan fingerprint density at radius 1 is 1.55 bits per heavy atom. The number of aromatic nitrogens is 2. The van der Waals surface area contributed by atoms with Crippen LogP contribution in [-0.4, -0.2) is 52.3 Å². The molecule has 3 rings (SSSR count). The Labute approximate surface area is 119 Å². The highest BCUT2D eigenvalue weighted by Crippen LogP contribution is 2.36. The molecule has 108 valence electrons. The molecule has 6 heteroatoms. The summed E-state index contributed by atoms with van der Waals surface area (Å²) in [6.07, 6.45) is 6.81. The smallest absolute Gasteiger partial charge is 0.202 e. The van der Waals surface area contributed by atoms with Crippen LogP contribution in [0.3, 0.4) is 0 Å². The Balaban J connectivity index is 1.55. The van der Waals surface area contributed by atoms with Gasteiger partial charge in [0.2, 0.25) is 5.95 Å². The summed E-state index contributed by atoms with van der Waals surface area (Å²) in [4.78, 5) is 6.50. The lowest BCUT2D eigenvalue weighted by Crippen LogP contribution is -2.44. The molecule has 0 aromatic carbocycles. The van der Waals surface area contributed by atoms with Crippen molar-refractivity contribution in [3.63, 3.8) is 0 Å². The maximum Gasteiger partial charge on any atom is 0.202 e. The molecule has 2 aliphatic heterocycles. The molecule has 1 aromatic rings. The number of imidazole rings is 1. The van der Waals surface area contributed by atoms with Crippen molar-refractivity contribution in [1.29, 1.82) is 5.26 Å². The maximum absolute atomic E-state index is 8.74. The fraction of sp³-hybridized carbons (Fsp3) is 0.714. The van der Waals surface area contributed by atoms with E-state index in [1.807, 2.05) is 17.8 Å². The lowest BCUT2D eigenvalue weighted by molar-refractivity contribution is -0.0412. The number of ether oxygens (including phenoxy) is 1. The van der Waals surface area contributed by atoms with Gasteiger partial charge in [0.1, 0.15) is 0 Å². The molecule has 1 aromatic heterocycles. The molecule has 6 nitrogen and oxygen atoms in total.